The number of amides is 2. The molecule has 1 aromatic rings. The van der Waals surface area contributed by atoms with E-state index in [4.69, 9.17) is 9.84 Å². The molecule has 150 valence electrons. The second-order valence-electron chi connectivity index (χ2n) is 6.86. The molecule has 28 heavy (non-hydrogen) atoms. The van der Waals surface area contributed by atoms with Gasteiger partial charge in [-0.3, -0.25) is 4.79 Å². The Labute approximate surface area is 165 Å². The molecule has 3 rings (SSSR count). The number of carbonyl (C=O) groups is 2. The minimum Gasteiger partial charge on any atom is -0.466 e. The number of unbranched alkanes of at least 4 members (excludes halogenated alkanes) is 1. The zero-order valence-corrected chi connectivity index (χ0v) is 16.3. The van der Waals surface area contributed by atoms with E-state index in [1.54, 1.807) is 11.8 Å². The van der Waals surface area contributed by atoms with Crippen LogP contribution in [0.3, 0.4) is 0 Å². The number of fused-ring (bicyclic) bond motifs is 2. The van der Waals surface area contributed by atoms with Gasteiger partial charge < -0.3 is 19.6 Å². The molecule has 0 atom stereocenters. The Balaban J connectivity index is 1.75. The summed E-state index contributed by atoms with van der Waals surface area (Å²) in [6.07, 6.45) is 4.46. The van der Waals surface area contributed by atoms with Crippen LogP contribution in [0, 0.1) is 0 Å². The van der Waals surface area contributed by atoms with E-state index in [0.29, 0.717) is 51.3 Å². The van der Waals surface area contributed by atoms with E-state index < -0.39 is 0 Å². The van der Waals surface area contributed by atoms with Gasteiger partial charge in [0.2, 0.25) is 0 Å². The highest BCUT2D eigenvalue weighted by molar-refractivity contribution is 6.20. The Bertz CT molecular complexity index is 788. The number of anilines is 1. The fourth-order valence-electron chi connectivity index (χ4n) is 3.51. The minimum atomic E-state index is -0.275. The van der Waals surface area contributed by atoms with E-state index in [1.807, 2.05) is 18.2 Å². The first-order chi connectivity index (χ1) is 13.6. The van der Waals surface area contributed by atoms with Crippen molar-refractivity contribution >= 4 is 29.6 Å². The first kappa shape index (κ1) is 20.1. The van der Waals surface area contributed by atoms with Crippen LogP contribution in [0.4, 0.5) is 10.5 Å². The minimum absolute atomic E-state index is 0.151. The number of hydrogen-bond donors (Lipinski definition) is 1. The molecule has 2 aliphatic heterocycles. The number of aliphatic hydroxyl groups excluding tert-OH is 1. The number of esters is 1. The molecule has 0 fully saturated rings. The van der Waals surface area contributed by atoms with Crippen molar-refractivity contribution in [2.24, 2.45) is 4.99 Å². The normalized spacial score (nSPS) is 15.6. The zero-order chi connectivity index (χ0) is 19.9. The van der Waals surface area contributed by atoms with Gasteiger partial charge in [0.25, 0.3) is 0 Å². The van der Waals surface area contributed by atoms with Gasteiger partial charge in [-0.1, -0.05) is 18.2 Å². The number of nitrogens with zero attached hydrogens (tertiary/aromatic N) is 3. The van der Waals surface area contributed by atoms with E-state index in [-0.39, 0.29) is 18.6 Å². The molecule has 1 aromatic carbocycles. The third kappa shape index (κ3) is 4.59. The maximum atomic E-state index is 12.6. The van der Waals surface area contributed by atoms with Crippen LogP contribution in [0.1, 0.15) is 38.2 Å². The molecule has 7 nitrogen and oxygen atoms in total. The summed E-state index contributed by atoms with van der Waals surface area (Å²) in [6.45, 7) is 3.94. The summed E-state index contributed by atoms with van der Waals surface area (Å²) < 4.78 is 4.94. The molecule has 0 aliphatic carbocycles. The van der Waals surface area contributed by atoms with Gasteiger partial charge in [-0.2, -0.15) is 4.99 Å². The maximum absolute atomic E-state index is 12.6. The molecule has 0 saturated carbocycles. The third-order valence-electron chi connectivity index (χ3n) is 4.84. The molecule has 0 radical (unpaired) electrons. The van der Waals surface area contributed by atoms with Crippen molar-refractivity contribution < 1.29 is 19.4 Å². The van der Waals surface area contributed by atoms with Gasteiger partial charge in [0.15, 0.2) is 0 Å². The average molecular weight is 385 g/mol. The number of amidine groups is 1. The van der Waals surface area contributed by atoms with Crippen molar-refractivity contribution in [3.05, 3.63) is 35.4 Å². The Morgan fingerprint density at radius 1 is 1.21 bits per heavy atom. The van der Waals surface area contributed by atoms with Crippen LogP contribution >= 0.6 is 0 Å². The molecular weight excluding hydrogens is 358 g/mol. The van der Waals surface area contributed by atoms with Gasteiger partial charge in [0, 0.05) is 37.4 Å². The monoisotopic (exact) mass is 385 g/mol. The molecule has 2 aliphatic rings. The molecule has 2 amide bonds. The van der Waals surface area contributed by atoms with E-state index in [9.17, 15) is 9.59 Å². The summed E-state index contributed by atoms with van der Waals surface area (Å²) in [4.78, 5) is 32.2. The summed E-state index contributed by atoms with van der Waals surface area (Å²) in [7, 11) is 0. The lowest BCUT2D eigenvalue weighted by atomic mass is 9.99. The lowest BCUT2D eigenvalue weighted by Gasteiger charge is -2.37. The van der Waals surface area contributed by atoms with Crippen LogP contribution in [0.2, 0.25) is 0 Å². The number of carbonyl (C=O) groups excluding carboxylic acids is 2. The molecule has 0 bridgehead atoms. The number of aliphatic hydroxyl groups is 1. The Hall–Kier alpha value is -2.67. The summed E-state index contributed by atoms with van der Waals surface area (Å²) in [5.74, 6) is 0.459. The number of ether oxygens (including phenoxy) is 1. The van der Waals surface area contributed by atoms with Crippen LogP contribution in [0.5, 0.6) is 0 Å². The van der Waals surface area contributed by atoms with Crippen molar-refractivity contribution in [3.63, 3.8) is 0 Å². The fraction of sp³-hybridized carbons (Fsp3) is 0.476. The van der Waals surface area contributed by atoms with Crippen molar-refractivity contribution in [1.29, 1.82) is 0 Å². The van der Waals surface area contributed by atoms with Gasteiger partial charge in [-0.25, -0.2) is 4.79 Å². The van der Waals surface area contributed by atoms with Crippen LogP contribution in [0.15, 0.2) is 34.8 Å². The average Bonchev–Trinajstić information content (AvgIpc) is 2.68. The topological polar surface area (TPSA) is 82.4 Å². The zero-order valence-electron chi connectivity index (χ0n) is 16.3. The summed E-state index contributed by atoms with van der Waals surface area (Å²) in [5, 5.41) is 9.10. The highest BCUT2D eigenvalue weighted by atomic mass is 16.5. The number of hydrogen-bond acceptors (Lipinski definition) is 5. The van der Waals surface area contributed by atoms with E-state index in [0.717, 1.165) is 23.2 Å². The lowest BCUT2D eigenvalue weighted by molar-refractivity contribution is -0.143. The summed E-state index contributed by atoms with van der Waals surface area (Å²) in [6, 6.07) is 7.78. The smallest absolute Gasteiger partial charge is 0.345 e. The molecular formula is C21H27N3O4. The molecule has 0 spiro atoms. The van der Waals surface area contributed by atoms with Crippen LogP contribution in [-0.2, 0) is 9.53 Å². The Morgan fingerprint density at radius 2 is 2.04 bits per heavy atom. The van der Waals surface area contributed by atoms with Gasteiger partial charge >= 0.3 is 12.0 Å². The van der Waals surface area contributed by atoms with E-state index >= 15 is 0 Å². The van der Waals surface area contributed by atoms with Crippen LogP contribution < -0.4 is 4.90 Å². The van der Waals surface area contributed by atoms with E-state index in [2.05, 4.69) is 22.0 Å². The van der Waals surface area contributed by atoms with E-state index in [1.165, 1.54) is 0 Å². The van der Waals surface area contributed by atoms with Gasteiger partial charge in [0.1, 0.15) is 5.84 Å². The maximum Gasteiger partial charge on any atom is 0.345 e. The Kier molecular flexibility index (Phi) is 6.81. The van der Waals surface area contributed by atoms with Gasteiger partial charge in [-0.05, 0) is 43.9 Å². The van der Waals surface area contributed by atoms with Crippen molar-refractivity contribution in [3.8, 4) is 0 Å². The highest BCUT2D eigenvalue weighted by Crippen LogP contribution is 2.32. The molecule has 7 heteroatoms. The first-order valence-electron chi connectivity index (χ1n) is 9.85. The second-order valence-corrected chi connectivity index (χ2v) is 6.86. The first-order valence-corrected chi connectivity index (χ1v) is 9.85. The fourth-order valence-corrected chi connectivity index (χ4v) is 3.51. The summed E-state index contributed by atoms with van der Waals surface area (Å²) in [5.41, 5.74) is 3.13. The van der Waals surface area contributed by atoms with Gasteiger partial charge in [-0.15, -0.1) is 0 Å². The number of urea groups is 1. The number of rotatable bonds is 9. The van der Waals surface area contributed by atoms with Crippen molar-refractivity contribution in [2.45, 2.75) is 32.6 Å². The number of benzene rings is 1. The molecule has 0 unspecified atom stereocenters. The second kappa shape index (κ2) is 9.50. The van der Waals surface area contributed by atoms with Crippen molar-refractivity contribution in [1.82, 2.24) is 4.90 Å². The predicted molar refractivity (Wildman–Crippen MR) is 108 cm³/mol. The lowest BCUT2D eigenvalue weighted by Crippen LogP contribution is -2.46. The van der Waals surface area contributed by atoms with Crippen LogP contribution in [-0.4, -0.2) is 60.7 Å². The van der Waals surface area contributed by atoms with Crippen LogP contribution in [0.25, 0.3) is 6.08 Å². The summed E-state index contributed by atoms with van der Waals surface area (Å²) >= 11 is 0. The van der Waals surface area contributed by atoms with Gasteiger partial charge in [0.05, 0.1) is 13.2 Å². The quantitative estimate of drug-likeness (QED) is 0.522. The SMILES string of the molecule is CCOC(=O)CCCN1CC2=Cc3ccccc3N(CCCCO)C2=NC1=O. The number of aliphatic imine (C=N–C) groups is 1. The molecule has 2 heterocycles. The molecule has 0 saturated heterocycles. The standard InChI is InChI=1S/C21H27N3O4/c1-2-28-19(26)10-7-11-23-15-17-14-16-8-3-4-9-18(16)24(12-5-6-13-25)20(17)22-21(23)27/h3-4,8-9,14,25H,2,5-7,10-13,15H2,1H3. The number of para-hydroxylation sites is 1. The molecule has 0 aromatic heterocycles. The Morgan fingerprint density at radius 3 is 2.82 bits per heavy atom. The largest absolute Gasteiger partial charge is 0.466 e. The molecule has 1 N–H and O–H groups in total. The highest BCUT2D eigenvalue weighted by Gasteiger charge is 2.31. The predicted octanol–water partition coefficient (Wildman–Crippen LogP) is 2.84. The van der Waals surface area contributed by atoms with Crippen molar-refractivity contribution in [2.75, 3.05) is 37.7 Å². The third-order valence-corrected chi connectivity index (χ3v) is 4.84.